The monoisotopic (exact) mass is 266 g/mol. The minimum atomic E-state index is -0.831. The van der Waals surface area contributed by atoms with Gasteiger partial charge in [0, 0.05) is 11.1 Å². The second kappa shape index (κ2) is 7.67. The quantitative estimate of drug-likeness (QED) is 0.451. The van der Waals surface area contributed by atoms with Gasteiger partial charge in [-0.05, 0) is 13.3 Å². The van der Waals surface area contributed by atoms with Crippen molar-refractivity contribution >= 4 is 23.4 Å². The smallest absolute Gasteiger partial charge is 0.317 e. The van der Waals surface area contributed by atoms with E-state index >= 15 is 0 Å². The van der Waals surface area contributed by atoms with Crippen molar-refractivity contribution in [1.82, 2.24) is 0 Å². The molecule has 1 unspecified atom stereocenters. The Bertz CT molecular complexity index is 426. The lowest BCUT2D eigenvalue weighted by molar-refractivity contribution is -0.146. The van der Waals surface area contributed by atoms with Crippen LogP contribution in [0.1, 0.15) is 23.7 Å². The van der Waals surface area contributed by atoms with Crippen LogP contribution in [0.2, 0.25) is 0 Å². The van der Waals surface area contributed by atoms with Crippen LogP contribution in [0.25, 0.3) is 0 Å². The molecular weight excluding hydrogens is 252 g/mol. The third kappa shape index (κ3) is 4.00. The van der Waals surface area contributed by atoms with Crippen LogP contribution >= 0.6 is 11.6 Å². The molecule has 0 radical (unpaired) electrons. The van der Waals surface area contributed by atoms with Crippen molar-refractivity contribution in [3.8, 4) is 0 Å². The predicted octanol–water partition coefficient (Wildman–Crippen LogP) is 3.19. The van der Waals surface area contributed by atoms with E-state index in [1.807, 2.05) is 6.07 Å². The minimum absolute atomic E-state index is 0.246. The number of halogens is 1. The summed E-state index contributed by atoms with van der Waals surface area (Å²) in [6, 6.07) is 8.69. The normalized spacial score (nSPS) is 12.3. The van der Waals surface area contributed by atoms with Crippen molar-refractivity contribution in [3.63, 3.8) is 0 Å². The van der Waals surface area contributed by atoms with Gasteiger partial charge in [0.25, 0.3) is 0 Å². The summed E-state index contributed by atoms with van der Waals surface area (Å²) in [4.78, 5) is 23.9. The van der Waals surface area contributed by atoms with Gasteiger partial charge in [-0.3, -0.25) is 9.59 Å². The highest BCUT2D eigenvalue weighted by molar-refractivity contribution is 6.25. The summed E-state index contributed by atoms with van der Waals surface area (Å²) in [5.74, 6) is -1.59. The molecule has 0 aliphatic heterocycles. The third-order valence-corrected chi connectivity index (χ3v) is 2.58. The lowest BCUT2D eigenvalue weighted by Gasteiger charge is -2.12. The number of hydrogen-bond acceptors (Lipinski definition) is 3. The van der Waals surface area contributed by atoms with E-state index in [0.29, 0.717) is 5.56 Å². The molecule has 4 heteroatoms. The maximum atomic E-state index is 12.2. The van der Waals surface area contributed by atoms with Crippen LogP contribution in [0.3, 0.4) is 0 Å². The number of carbonyl (C=O) groups is 2. The topological polar surface area (TPSA) is 43.4 Å². The van der Waals surface area contributed by atoms with Crippen LogP contribution in [0.15, 0.2) is 41.9 Å². The van der Waals surface area contributed by atoms with Crippen molar-refractivity contribution in [2.45, 2.75) is 13.3 Å². The Morgan fingerprint density at radius 3 is 2.56 bits per heavy atom. The molecule has 0 bridgehead atoms. The fourth-order valence-corrected chi connectivity index (χ4v) is 1.65. The Kier molecular flexibility index (Phi) is 6.15. The van der Waals surface area contributed by atoms with E-state index in [1.165, 1.54) is 5.54 Å². The summed E-state index contributed by atoms with van der Waals surface area (Å²) in [7, 11) is 0. The zero-order valence-electron chi connectivity index (χ0n) is 10.1. The number of ether oxygens (including phenoxy) is 1. The van der Waals surface area contributed by atoms with Crippen LogP contribution in [-0.4, -0.2) is 18.4 Å². The lowest BCUT2D eigenvalue weighted by atomic mass is 9.95. The Hall–Kier alpha value is -1.61. The minimum Gasteiger partial charge on any atom is -0.465 e. The van der Waals surface area contributed by atoms with Crippen LogP contribution < -0.4 is 0 Å². The number of esters is 1. The largest absolute Gasteiger partial charge is 0.465 e. The van der Waals surface area contributed by atoms with Crippen molar-refractivity contribution in [2.24, 2.45) is 5.92 Å². The standard InChI is InChI=1S/C14H15ClO3/c1-2-18-14(17)12(9-6-10-15)13(16)11-7-4-3-5-8-11/h3-8,10,12H,2,9H2,1H3/b10-6+. The highest BCUT2D eigenvalue weighted by Gasteiger charge is 2.27. The molecule has 0 heterocycles. The summed E-state index contributed by atoms with van der Waals surface area (Å²) in [5.41, 5.74) is 1.79. The second-order valence-corrected chi connectivity index (χ2v) is 3.88. The molecule has 1 atom stereocenters. The molecule has 0 aromatic heterocycles. The average Bonchev–Trinajstić information content (AvgIpc) is 2.40. The van der Waals surface area contributed by atoms with Gasteiger partial charge in [0.15, 0.2) is 5.78 Å². The van der Waals surface area contributed by atoms with Crippen molar-refractivity contribution in [2.75, 3.05) is 6.61 Å². The Labute approximate surface area is 111 Å². The molecular formula is C14H15ClO3. The number of ketones is 1. The zero-order valence-corrected chi connectivity index (χ0v) is 10.9. The maximum absolute atomic E-state index is 12.2. The van der Waals surface area contributed by atoms with Gasteiger partial charge in [0.05, 0.1) is 6.61 Å². The molecule has 0 saturated carbocycles. The van der Waals surface area contributed by atoms with Gasteiger partial charge in [-0.1, -0.05) is 48.0 Å². The zero-order chi connectivity index (χ0) is 13.4. The van der Waals surface area contributed by atoms with E-state index in [1.54, 1.807) is 37.3 Å². The molecule has 0 spiro atoms. The lowest BCUT2D eigenvalue weighted by Crippen LogP contribution is -2.26. The molecule has 0 aliphatic rings. The Morgan fingerprint density at radius 1 is 1.33 bits per heavy atom. The first-order chi connectivity index (χ1) is 8.70. The van der Waals surface area contributed by atoms with Crippen LogP contribution in [0.5, 0.6) is 0 Å². The van der Waals surface area contributed by atoms with Crippen molar-refractivity contribution in [1.29, 1.82) is 0 Å². The number of carbonyl (C=O) groups excluding carboxylic acids is 2. The third-order valence-electron chi connectivity index (χ3n) is 2.41. The molecule has 1 aromatic carbocycles. The van der Waals surface area contributed by atoms with E-state index in [0.717, 1.165) is 0 Å². The highest BCUT2D eigenvalue weighted by atomic mass is 35.5. The molecule has 96 valence electrons. The molecule has 0 saturated heterocycles. The van der Waals surface area contributed by atoms with E-state index < -0.39 is 11.9 Å². The van der Waals surface area contributed by atoms with Crippen LogP contribution in [0, 0.1) is 5.92 Å². The van der Waals surface area contributed by atoms with Gasteiger partial charge in [0.2, 0.25) is 0 Å². The molecule has 3 nitrogen and oxygen atoms in total. The highest BCUT2D eigenvalue weighted by Crippen LogP contribution is 2.15. The molecule has 1 aromatic rings. The van der Waals surface area contributed by atoms with E-state index in [-0.39, 0.29) is 18.8 Å². The molecule has 1 rings (SSSR count). The van der Waals surface area contributed by atoms with Gasteiger partial charge in [-0.25, -0.2) is 0 Å². The summed E-state index contributed by atoms with van der Waals surface area (Å²) < 4.78 is 4.91. The van der Waals surface area contributed by atoms with E-state index in [2.05, 4.69) is 0 Å². The summed E-state index contributed by atoms with van der Waals surface area (Å²) in [6.07, 6.45) is 1.82. The maximum Gasteiger partial charge on any atom is 0.317 e. The molecule has 0 aliphatic carbocycles. The fourth-order valence-electron chi connectivity index (χ4n) is 1.54. The summed E-state index contributed by atoms with van der Waals surface area (Å²) >= 11 is 5.43. The number of hydrogen-bond donors (Lipinski definition) is 0. The Balaban J connectivity index is 2.89. The molecule has 0 N–H and O–H groups in total. The second-order valence-electron chi connectivity index (χ2n) is 3.63. The summed E-state index contributed by atoms with van der Waals surface area (Å²) in [5, 5.41) is 0. The number of Topliss-reactive ketones (excluding diaryl/α,β-unsaturated/α-hetero) is 1. The van der Waals surface area contributed by atoms with Gasteiger partial charge < -0.3 is 4.74 Å². The van der Waals surface area contributed by atoms with Crippen LogP contribution in [-0.2, 0) is 9.53 Å². The van der Waals surface area contributed by atoms with Gasteiger partial charge in [0.1, 0.15) is 5.92 Å². The number of allylic oxidation sites excluding steroid dienone is 1. The van der Waals surface area contributed by atoms with Crippen molar-refractivity contribution in [3.05, 3.63) is 47.5 Å². The van der Waals surface area contributed by atoms with E-state index in [4.69, 9.17) is 16.3 Å². The van der Waals surface area contributed by atoms with Gasteiger partial charge >= 0.3 is 5.97 Å². The van der Waals surface area contributed by atoms with Crippen LogP contribution in [0.4, 0.5) is 0 Å². The average molecular weight is 267 g/mol. The first-order valence-electron chi connectivity index (χ1n) is 5.71. The van der Waals surface area contributed by atoms with Gasteiger partial charge in [-0.15, -0.1) is 0 Å². The van der Waals surface area contributed by atoms with E-state index in [9.17, 15) is 9.59 Å². The first kappa shape index (κ1) is 14.5. The summed E-state index contributed by atoms with van der Waals surface area (Å²) in [6.45, 7) is 1.96. The number of rotatable bonds is 6. The molecule has 0 amide bonds. The van der Waals surface area contributed by atoms with Gasteiger partial charge in [-0.2, -0.15) is 0 Å². The molecule has 0 fully saturated rings. The SMILES string of the molecule is CCOC(=O)C(C/C=C/Cl)C(=O)c1ccccc1. The number of benzene rings is 1. The fraction of sp³-hybridized carbons (Fsp3) is 0.286. The van der Waals surface area contributed by atoms with Crippen molar-refractivity contribution < 1.29 is 14.3 Å². The Morgan fingerprint density at radius 2 is 2.00 bits per heavy atom. The molecule has 18 heavy (non-hydrogen) atoms. The first-order valence-corrected chi connectivity index (χ1v) is 6.15. The predicted molar refractivity (Wildman–Crippen MR) is 70.5 cm³/mol.